The van der Waals surface area contributed by atoms with E-state index in [1.54, 1.807) is 6.07 Å². The van der Waals surface area contributed by atoms with Gasteiger partial charge in [-0.05, 0) is 24.3 Å². The van der Waals surface area contributed by atoms with E-state index in [0.717, 1.165) is 20.7 Å². The van der Waals surface area contributed by atoms with Crippen molar-refractivity contribution in [1.29, 1.82) is 0 Å². The Bertz CT molecular complexity index is 632. The van der Waals surface area contributed by atoms with Crippen LogP contribution in [0.4, 0.5) is 4.39 Å². The first-order valence-electron chi connectivity index (χ1n) is 5.56. The molecule has 0 N–H and O–H groups in total. The lowest BCUT2D eigenvalue weighted by atomic mass is 10.2. The zero-order valence-electron chi connectivity index (χ0n) is 9.68. The van der Waals surface area contributed by atoms with Gasteiger partial charge in [0.25, 0.3) is 0 Å². The van der Waals surface area contributed by atoms with E-state index < -0.39 is 0 Å². The number of aromatic nitrogens is 2. The molecule has 1 aromatic carbocycles. The third-order valence-electron chi connectivity index (χ3n) is 2.59. The predicted octanol–water partition coefficient (Wildman–Crippen LogP) is 4.77. The molecule has 5 heteroatoms. The lowest BCUT2D eigenvalue weighted by molar-refractivity contribution is 0.622. The Morgan fingerprint density at radius 3 is 2.47 bits per heavy atom. The average molecular weight is 335 g/mol. The molecule has 0 aliphatic carbocycles. The van der Waals surface area contributed by atoms with Crippen LogP contribution in [0.2, 0.25) is 0 Å². The van der Waals surface area contributed by atoms with Gasteiger partial charge in [-0.3, -0.25) is 4.98 Å². The van der Waals surface area contributed by atoms with Gasteiger partial charge < -0.3 is 0 Å². The zero-order chi connectivity index (χ0) is 13.2. The van der Waals surface area contributed by atoms with E-state index in [0.29, 0.717) is 5.69 Å². The summed E-state index contributed by atoms with van der Waals surface area (Å²) in [6.45, 7) is 0. The molecule has 0 aliphatic heterocycles. The molecule has 0 saturated carbocycles. The number of halogens is 2. The van der Waals surface area contributed by atoms with Crippen LogP contribution in [0.15, 0.2) is 52.4 Å². The molecular formula is C14H8BrFN2S. The van der Waals surface area contributed by atoms with Gasteiger partial charge in [-0.15, -0.1) is 11.3 Å². The number of thiazole rings is 1. The fourth-order valence-electron chi connectivity index (χ4n) is 1.65. The van der Waals surface area contributed by atoms with Gasteiger partial charge in [0.1, 0.15) is 10.8 Å². The van der Waals surface area contributed by atoms with Crippen LogP contribution in [0.25, 0.3) is 22.0 Å². The van der Waals surface area contributed by atoms with Crippen molar-refractivity contribution in [3.05, 3.63) is 58.3 Å². The Balaban J connectivity index is 1.95. The van der Waals surface area contributed by atoms with Crippen LogP contribution in [0.3, 0.4) is 0 Å². The summed E-state index contributed by atoms with van der Waals surface area (Å²) in [5.74, 6) is -0.339. The maximum absolute atomic E-state index is 12.8. The second-order valence-corrected chi connectivity index (χ2v) is 5.68. The van der Waals surface area contributed by atoms with E-state index in [1.807, 2.05) is 29.6 Å². The van der Waals surface area contributed by atoms with E-state index >= 15 is 0 Å². The van der Waals surface area contributed by atoms with Crippen LogP contribution in [0, 0.1) is 5.82 Å². The van der Waals surface area contributed by atoms with Crippen molar-refractivity contribution < 1.29 is 4.39 Å². The monoisotopic (exact) mass is 334 g/mol. The van der Waals surface area contributed by atoms with Crippen molar-refractivity contribution in [2.75, 3.05) is 0 Å². The summed E-state index contributed by atoms with van der Waals surface area (Å²) >= 11 is 4.90. The summed E-state index contributed by atoms with van der Waals surface area (Å²) in [6.07, 6.45) is 1.20. The standard InChI is InChI=1S/C14H8BrFN2S/c15-10-3-1-9(2-4-10)13-8-19-14(18-13)12-6-5-11(16)7-17-12/h1-8H. The highest BCUT2D eigenvalue weighted by Crippen LogP contribution is 2.28. The topological polar surface area (TPSA) is 25.8 Å². The zero-order valence-corrected chi connectivity index (χ0v) is 12.1. The molecule has 2 aromatic heterocycles. The van der Waals surface area contributed by atoms with E-state index in [-0.39, 0.29) is 5.82 Å². The van der Waals surface area contributed by atoms with Crippen molar-refractivity contribution in [3.8, 4) is 22.0 Å². The number of benzene rings is 1. The van der Waals surface area contributed by atoms with Crippen LogP contribution in [-0.2, 0) is 0 Å². The van der Waals surface area contributed by atoms with Crippen LogP contribution in [0.5, 0.6) is 0 Å². The summed E-state index contributed by atoms with van der Waals surface area (Å²) in [6, 6.07) is 11.0. The van der Waals surface area contributed by atoms with Crippen molar-refractivity contribution >= 4 is 27.3 Å². The van der Waals surface area contributed by atoms with Crippen LogP contribution < -0.4 is 0 Å². The summed E-state index contributed by atoms with van der Waals surface area (Å²) in [5.41, 5.74) is 2.64. The molecule has 0 amide bonds. The molecule has 94 valence electrons. The Morgan fingerprint density at radius 1 is 1.00 bits per heavy atom. The van der Waals surface area contributed by atoms with Crippen molar-refractivity contribution in [2.45, 2.75) is 0 Å². The van der Waals surface area contributed by atoms with Crippen molar-refractivity contribution in [2.24, 2.45) is 0 Å². The second kappa shape index (κ2) is 5.19. The molecular weight excluding hydrogens is 327 g/mol. The van der Waals surface area contributed by atoms with E-state index in [4.69, 9.17) is 0 Å². The Kier molecular flexibility index (Phi) is 3.40. The Hall–Kier alpha value is -1.59. The first-order chi connectivity index (χ1) is 9.22. The molecule has 19 heavy (non-hydrogen) atoms. The summed E-state index contributed by atoms with van der Waals surface area (Å²) in [5, 5.41) is 2.77. The molecule has 0 radical (unpaired) electrons. The number of hydrogen-bond acceptors (Lipinski definition) is 3. The highest BCUT2D eigenvalue weighted by molar-refractivity contribution is 9.10. The maximum Gasteiger partial charge on any atom is 0.142 e. The third-order valence-corrected chi connectivity index (χ3v) is 3.98. The van der Waals surface area contributed by atoms with E-state index in [9.17, 15) is 4.39 Å². The largest absolute Gasteiger partial charge is 0.251 e. The second-order valence-electron chi connectivity index (χ2n) is 3.91. The quantitative estimate of drug-likeness (QED) is 0.674. The fraction of sp³-hybridized carbons (Fsp3) is 0. The first kappa shape index (κ1) is 12.4. The first-order valence-corrected chi connectivity index (χ1v) is 7.23. The number of rotatable bonds is 2. The lowest BCUT2D eigenvalue weighted by Crippen LogP contribution is -1.84. The van der Waals surface area contributed by atoms with Gasteiger partial charge in [0.05, 0.1) is 17.6 Å². The van der Waals surface area contributed by atoms with Gasteiger partial charge in [-0.1, -0.05) is 28.1 Å². The van der Waals surface area contributed by atoms with E-state index in [2.05, 4.69) is 25.9 Å². The van der Waals surface area contributed by atoms with Gasteiger partial charge in [0.2, 0.25) is 0 Å². The normalized spacial score (nSPS) is 10.6. The maximum atomic E-state index is 12.8. The van der Waals surface area contributed by atoms with Gasteiger partial charge in [0, 0.05) is 15.4 Å². The molecule has 0 atom stereocenters. The molecule has 0 spiro atoms. The molecule has 3 rings (SSSR count). The minimum absolute atomic E-state index is 0.339. The van der Waals surface area contributed by atoms with Gasteiger partial charge >= 0.3 is 0 Å². The Morgan fingerprint density at radius 2 is 1.79 bits per heavy atom. The smallest absolute Gasteiger partial charge is 0.142 e. The predicted molar refractivity (Wildman–Crippen MR) is 78.4 cm³/mol. The van der Waals surface area contributed by atoms with Crippen LogP contribution in [0.1, 0.15) is 0 Å². The highest BCUT2D eigenvalue weighted by atomic mass is 79.9. The van der Waals surface area contributed by atoms with Crippen LogP contribution >= 0.6 is 27.3 Å². The van der Waals surface area contributed by atoms with Gasteiger partial charge in [0.15, 0.2) is 0 Å². The molecule has 2 nitrogen and oxygen atoms in total. The number of hydrogen-bond donors (Lipinski definition) is 0. The number of nitrogens with zero attached hydrogens (tertiary/aromatic N) is 2. The molecule has 0 bridgehead atoms. The summed E-state index contributed by atoms with van der Waals surface area (Å²) in [7, 11) is 0. The molecule has 0 unspecified atom stereocenters. The molecule has 0 aliphatic rings. The van der Waals surface area contributed by atoms with Gasteiger partial charge in [-0.2, -0.15) is 0 Å². The fourth-order valence-corrected chi connectivity index (χ4v) is 2.72. The summed E-state index contributed by atoms with van der Waals surface area (Å²) < 4.78 is 13.9. The minimum atomic E-state index is -0.339. The van der Waals surface area contributed by atoms with Crippen molar-refractivity contribution in [3.63, 3.8) is 0 Å². The van der Waals surface area contributed by atoms with Gasteiger partial charge in [-0.25, -0.2) is 9.37 Å². The highest BCUT2D eigenvalue weighted by Gasteiger charge is 2.07. The van der Waals surface area contributed by atoms with E-state index in [1.165, 1.54) is 23.6 Å². The molecule has 2 heterocycles. The minimum Gasteiger partial charge on any atom is -0.251 e. The number of pyridine rings is 1. The third kappa shape index (κ3) is 2.72. The Labute approximate surface area is 122 Å². The molecule has 3 aromatic rings. The SMILES string of the molecule is Fc1ccc(-c2nc(-c3ccc(Br)cc3)cs2)nc1. The van der Waals surface area contributed by atoms with Crippen molar-refractivity contribution in [1.82, 2.24) is 9.97 Å². The molecule has 0 fully saturated rings. The average Bonchev–Trinajstić information content (AvgIpc) is 2.90. The van der Waals surface area contributed by atoms with Crippen LogP contribution in [-0.4, -0.2) is 9.97 Å². The lowest BCUT2D eigenvalue weighted by Gasteiger charge is -1.97. The molecule has 0 saturated heterocycles. The summed E-state index contributed by atoms with van der Waals surface area (Å²) in [4.78, 5) is 8.56.